The highest BCUT2D eigenvalue weighted by Crippen LogP contribution is 2.07. The second-order valence-electron chi connectivity index (χ2n) is 13.3. The highest BCUT2D eigenvalue weighted by molar-refractivity contribution is 4.64. The Morgan fingerprint density at radius 3 is 1.42 bits per heavy atom. The molecule has 5 atom stereocenters. The highest BCUT2D eigenvalue weighted by atomic mass is 16.6. The van der Waals surface area contributed by atoms with E-state index in [1.165, 1.54) is 0 Å². The number of aliphatic hydroxyl groups excluding tert-OH is 2. The number of aliphatic hydroxyl groups is 2. The number of methoxy groups -OCH3 is 1. The van der Waals surface area contributed by atoms with Crippen molar-refractivity contribution in [2.75, 3.05) is 136 Å². The van der Waals surface area contributed by atoms with Gasteiger partial charge in [0, 0.05) is 13.0 Å². The first-order valence-corrected chi connectivity index (χ1v) is 13.1. The summed E-state index contributed by atoms with van der Waals surface area (Å²) in [6, 6.07) is 0. The Labute approximate surface area is 221 Å². The van der Waals surface area contributed by atoms with Crippen molar-refractivity contribution in [2.24, 2.45) is 5.92 Å². The van der Waals surface area contributed by atoms with Crippen LogP contribution in [-0.2, 0) is 23.7 Å². The van der Waals surface area contributed by atoms with Crippen LogP contribution in [0.5, 0.6) is 0 Å². The van der Waals surface area contributed by atoms with E-state index in [4.69, 9.17) is 23.7 Å². The molecule has 5 unspecified atom stereocenters. The minimum Gasteiger partial charge on any atom is -0.385 e. The standard InChI is InChI=1S/C26H60N3O7/c1-22(12-27(2,3)4)15-33-19-25(18-32-11)36-21-26(35-17-24(31)14-29(8,9)10)20-34-16-23(30)13-28(5,6)7/h22-26,30-31H,12-21H2,1-11H3/q+3. The molecule has 0 rings (SSSR count). The Balaban J connectivity index is 4.82. The van der Waals surface area contributed by atoms with Crippen LogP contribution in [0.15, 0.2) is 0 Å². The van der Waals surface area contributed by atoms with Crippen LogP contribution in [0.25, 0.3) is 0 Å². The predicted octanol–water partition coefficient (Wildman–Crippen LogP) is -0.0871. The third-order valence-electron chi connectivity index (χ3n) is 5.09. The van der Waals surface area contributed by atoms with Crippen molar-refractivity contribution in [1.29, 1.82) is 0 Å². The van der Waals surface area contributed by atoms with Gasteiger partial charge in [0.2, 0.25) is 0 Å². The molecule has 0 aliphatic rings. The number of rotatable bonds is 22. The van der Waals surface area contributed by atoms with Crippen LogP contribution in [0.2, 0.25) is 0 Å². The molecule has 10 nitrogen and oxygen atoms in total. The van der Waals surface area contributed by atoms with Gasteiger partial charge in [-0.3, -0.25) is 0 Å². The average molecular weight is 527 g/mol. The summed E-state index contributed by atoms with van der Waals surface area (Å²) in [5, 5.41) is 20.6. The number of hydrogen-bond acceptors (Lipinski definition) is 7. The molecular weight excluding hydrogens is 466 g/mol. The molecule has 0 aromatic heterocycles. The monoisotopic (exact) mass is 526 g/mol. The maximum Gasteiger partial charge on any atom is 0.126 e. The molecule has 0 radical (unpaired) electrons. The van der Waals surface area contributed by atoms with Gasteiger partial charge in [-0.05, 0) is 0 Å². The molecule has 0 spiro atoms. The molecule has 0 saturated carbocycles. The smallest absolute Gasteiger partial charge is 0.126 e. The van der Waals surface area contributed by atoms with Gasteiger partial charge < -0.3 is 47.3 Å². The van der Waals surface area contributed by atoms with Crippen LogP contribution in [0.4, 0.5) is 0 Å². The summed E-state index contributed by atoms with van der Waals surface area (Å²) < 4.78 is 31.3. The molecule has 0 aliphatic heterocycles. The van der Waals surface area contributed by atoms with Crippen LogP contribution < -0.4 is 0 Å². The van der Waals surface area contributed by atoms with Crippen LogP contribution in [0.1, 0.15) is 6.92 Å². The largest absolute Gasteiger partial charge is 0.385 e. The molecular formula is C26H60N3O7+3. The van der Waals surface area contributed by atoms with Crippen molar-refractivity contribution >= 4 is 0 Å². The average Bonchev–Trinajstić information content (AvgIpc) is 2.65. The summed E-state index contributed by atoms with van der Waals surface area (Å²) in [6.07, 6.45) is -1.80. The zero-order valence-corrected chi connectivity index (χ0v) is 25.2. The summed E-state index contributed by atoms with van der Waals surface area (Å²) in [5.41, 5.74) is 0. The topological polar surface area (TPSA) is 86.6 Å². The van der Waals surface area contributed by atoms with Crippen molar-refractivity contribution in [3.05, 3.63) is 0 Å². The van der Waals surface area contributed by atoms with Gasteiger partial charge in [-0.1, -0.05) is 6.92 Å². The fourth-order valence-corrected chi connectivity index (χ4v) is 4.06. The molecule has 0 amide bonds. The minimum absolute atomic E-state index is 0.183. The lowest BCUT2D eigenvalue weighted by Gasteiger charge is -2.29. The van der Waals surface area contributed by atoms with Gasteiger partial charge in [0.1, 0.15) is 37.5 Å². The van der Waals surface area contributed by atoms with Gasteiger partial charge in [-0.15, -0.1) is 0 Å². The molecule has 0 heterocycles. The van der Waals surface area contributed by atoms with Crippen molar-refractivity contribution in [3.63, 3.8) is 0 Å². The van der Waals surface area contributed by atoms with E-state index < -0.39 is 12.2 Å². The lowest BCUT2D eigenvalue weighted by Crippen LogP contribution is -2.44. The second-order valence-corrected chi connectivity index (χ2v) is 13.3. The molecule has 218 valence electrons. The molecule has 2 N–H and O–H groups in total. The fraction of sp³-hybridized carbons (Fsp3) is 1.00. The van der Waals surface area contributed by atoms with E-state index in [9.17, 15) is 10.2 Å². The SMILES string of the molecule is COCC(COCC(C)C[N+](C)(C)C)OCC(COCC(O)C[N+](C)(C)C)OCC(O)C[N+](C)(C)C. The zero-order valence-electron chi connectivity index (χ0n) is 25.2. The summed E-state index contributed by atoms with van der Waals surface area (Å²) in [5.74, 6) is 0.429. The lowest BCUT2D eigenvalue weighted by atomic mass is 10.2. The maximum absolute atomic E-state index is 10.4. The third kappa shape index (κ3) is 22.8. The van der Waals surface area contributed by atoms with E-state index >= 15 is 0 Å². The third-order valence-corrected chi connectivity index (χ3v) is 5.09. The fourth-order valence-electron chi connectivity index (χ4n) is 4.06. The molecule has 0 fully saturated rings. The Morgan fingerprint density at radius 1 is 0.528 bits per heavy atom. The summed E-state index contributed by atoms with van der Waals surface area (Å²) in [6.45, 7) is 6.79. The molecule has 0 aliphatic carbocycles. The Morgan fingerprint density at radius 2 is 0.944 bits per heavy atom. The van der Waals surface area contributed by atoms with Crippen LogP contribution in [0, 0.1) is 5.92 Å². The van der Waals surface area contributed by atoms with E-state index in [-0.39, 0.29) is 38.6 Å². The minimum atomic E-state index is -0.600. The maximum atomic E-state index is 10.4. The zero-order chi connectivity index (χ0) is 28.0. The summed E-state index contributed by atoms with van der Waals surface area (Å²) in [4.78, 5) is 0. The number of nitrogens with zero attached hydrogens (tertiary/aromatic N) is 3. The highest BCUT2D eigenvalue weighted by Gasteiger charge is 2.22. The number of ether oxygens (including phenoxy) is 5. The van der Waals surface area contributed by atoms with Crippen molar-refractivity contribution in [1.82, 2.24) is 0 Å². The van der Waals surface area contributed by atoms with Crippen LogP contribution >= 0.6 is 0 Å². The van der Waals surface area contributed by atoms with Gasteiger partial charge in [-0.25, -0.2) is 0 Å². The second kappa shape index (κ2) is 17.2. The molecule has 0 aromatic rings. The van der Waals surface area contributed by atoms with Crippen LogP contribution in [-0.4, -0.2) is 184 Å². The Bertz CT molecular complexity index is 547. The Kier molecular flexibility index (Phi) is 17.0. The summed E-state index contributed by atoms with van der Waals surface area (Å²) >= 11 is 0. The van der Waals surface area contributed by atoms with Crippen molar-refractivity contribution in [3.8, 4) is 0 Å². The number of quaternary nitrogens is 3. The van der Waals surface area contributed by atoms with Gasteiger partial charge in [0.05, 0.1) is 116 Å². The molecule has 0 bridgehead atoms. The van der Waals surface area contributed by atoms with E-state index in [0.29, 0.717) is 47.8 Å². The normalized spacial score (nSPS) is 17.6. The van der Waals surface area contributed by atoms with E-state index in [0.717, 1.165) is 11.0 Å². The first-order valence-electron chi connectivity index (χ1n) is 13.1. The van der Waals surface area contributed by atoms with E-state index in [2.05, 4.69) is 28.1 Å². The lowest BCUT2D eigenvalue weighted by molar-refractivity contribution is -0.873. The van der Waals surface area contributed by atoms with E-state index in [1.807, 2.05) is 42.3 Å². The van der Waals surface area contributed by atoms with Gasteiger partial charge >= 0.3 is 0 Å². The van der Waals surface area contributed by atoms with Gasteiger partial charge in [0.15, 0.2) is 0 Å². The Hall–Kier alpha value is -0.400. The molecule has 10 heteroatoms. The predicted molar refractivity (Wildman–Crippen MR) is 143 cm³/mol. The van der Waals surface area contributed by atoms with E-state index in [1.54, 1.807) is 7.11 Å². The van der Waals surface area contributed by atoms with Crippen LogP contribution in [0.3, 0.4) is 0 Å². The number of likely N-dealkylation sites (N-methyl/N-ethyl adjacent to an activating group) is 2. The van der Waals surface area contributed by atoms with Gasteiger partial charge in [-0.2, -0.15) is 0 Å². The molecule has 36 heavy (non-hydrogen) atoms. The molecule has 0 aromatic carbocycles. The quantitative estimate of drug-likeness (QED) is 0.191. The first kappa shape index (κ1) is 35.6. The molecule has 0 saturated heterocycles. The number of hydrogen-bond donors (Lipinski definition) is 2. The van der Waals surface area contributed by atoms with Crippen molar-refractivity contribution in [2.45, 2.75) is 31.3 Å². The van der Waals surface area contributed by atoms with Gasteiger partial charge in [0.25, 0.3) is 0 Å². The van der Waals surface area contributed by atoms with Crippen molar-refractivity contribution < 1.29 is 47.3 Å². The first-order chi connectivity index (χ1) is 16.4. The summed E-state index contributed by atoms with van der Waals surface area (Å²) in [7, 11) is 20.3.